The third kappa shape index (κ3) is 3.02. The number of halogens is 1. The van der Waals surface area contributed by atoms with Gasteiger partial charge in [-0.25, -0.2) is 0 Å². The van der Waals surface area contributed by atoms with Crippen molar-refractivity contribution >= 4 is 26.7 Å². The van der Waals surface area contributed by atoms with Crippen LogP contribution in [0.4, 0.5) is 0 Å². The van der Waals surface area contributed by atoms with Crippen LogP contribution < -0.4 is 0 Å². The molecule has 0 radical (unpaired) electrons. The van der Waals surface area contributed by atoms with E-state index in [9.17, 15) is 5.11 Å². The summed E-state index contributed by atoms with van der Waals surface area (Å²) in [7, 11) is 0. The van der Waals surface area contributed by atoms with Crippen molar-refractivity contribution in [3.8, 4) is 0 Å². The van der Waals surface area contributed by atoms with E-state index in [1.165, 1.54) is 5.56 Å². The van der Waals surface area contributed by atoms with E-state index in [4.69, 9.17) is 0 Å². The Morgan fingerprint density at radius 2 is 1.67 bits per heavy atom. The van der Waals surface area contributed by atoms with Crippen LogP contribution in [0.25, 0.3) is 10.8 Å². The summed E-state index contributed by atoms with van der Waals surface area (Å²) < 4.78 is 0.959. The number of aliphatic hydroxyl groups excluding tert-OH is 1. The lowest BCUT2D eigenvalue weighted by Gasteiger charge is -2.16. The molecule has 0 heterocycles. The molecule has 0 saturated heterocycles. The third-order valence-electron chi connectivity index (χ3n) is 3.80. The molecule has 1 nitrogen and oxygen atoms in total. The Morgan fingerprint density at radius 1 is 0.952 bits per heavy atom. The molecule has 0 aromatic heterocycles. The summed E-state index contributed by atoms with van der Waals surface area (Å²) >= 11 is 3.58. The van der Waals surface area contributed by atoms with Crippen molar-refractivity contribution in [1.29, 1.82) is 0 Å². The molecule has 0 aliphatic heterocycles. The van der Waals surface area contributed by atoms with Gasteiger partial charge in [-0.05, 0) is 29.3 Å². The Bertz CT molecular complexity index is 762. The molecule has 106 valence electrons. The summed E-state index contributed by atoms with van der Waals surface area (Å²) in [4.78, 5) is 0. The van der Waals surface area contributed by atoms with Crippen molar-refractivity contribution in [3.63, 3.8) is 0 Å². The monoisotopic (exact) mass is 340 g/mol. The maximum Gasteiger partial charge on any atom is 0.0847 e. The SMILES string of the molecule is Cc1ccc(CC(O)c2c(Br)ccc3ccccc23)cc1. The lowest BCUT2D eigenvalue weighted by Crippen LogP contribution is -2.03. The zero-order chi connectivity index (χ0) is 14.8. The molecule has 0 amide bonds. The van der Waals surface area contributed by atoms with Crippen LogP contribution in [0.3, 0.4) is 0 Å². The van der Waals surface area contributed by atoms with Gasteiger partial charge in [-0.2, -0.15) is 0 Å². The minimum atomic E-state index is -0.520. The van der Waals surface area contributed by atoms with Crippen LogP contribution in [-0.4, -0.2) is 5.11 Å². The molecule has 0 saturated carbocycles. The molecule has 1 unspecified atom stereocenters. The molecule has 0 spiro atoms. The van der Waals surface area contributed by atoms with Crippen LogP contribution >= 0.6 is 15.9 Å². The average Bonchev–Trinajstić information content (AvgIpc) is 2.49. The van der Waals surface area contributed by atoms with Crippen molar-refractivity contribution in [1.82, 2.24) is 0 Å². The van der Waals surface area contributed by atoms with E-state index >= 15 is 0 Å². The maximum atomic E-state index is 10.7. The summed E-state index contributed by atoms with van der Waals surface area (Å²) in [6.45, 7) is 2.07. The Morgan fingerprint density at radius 3 is 2.43 bits per heavy atom. The zero-order valence-corrected chi connectivity index (χ0v) is 13.5. The van der Waals surface area contributed by atoms with Crippen LogP contribution in [0.1, 0.15) is 22.8 Å². The van der Waals surface area contributed by atoms with Gasteiger partial charge in [0.25, 0.3) is 0 Å². The fourth-order valence-corrected chi connectivity index (χ4v) is 3.27. The summed E-state index contributed by atoms with van der Waals surface area (Å²) in [5, 5.41) is 12.9. The van der Waals surface area contributed by atoms with Crippen molar-refractivity contribution in [2.24, 2.45) is 0 Å². The molecule has 1 atom stereocenters. The van der Waals surface area contributed by atoms with E-state index in [1.807, 2.05) is 18.2 Å². The smallest absolute Gasteiger partial charge is 0.0847 e. The van der Waals surface area contributed by atoms with Gasteiger partial charge in [0, 0.05) is 16.5 Å². The highest BCUT2D eigenvalue weighted by molar-refractivity contribution is 9.10. The number of hydrogen-bond donors (Lipinski definition) is 1. The minimum Gasteiger partial charge on any atom is -0.388 e. The molecule has 1 N–H and O–H groups in total. The van der Waals surface area contributed by atoms with Gasteiger partial charge in [0.2, 0.25) is 0 Å². The highest BCUT2D eigenvalue weighted by atomic mass is 79.9. The van der Waals surface area contributed by atoms with Crippen molar-refractivity contribution in [2.45, 2.75) is 19.4 Å². The lowest BCUT2D eigenvalue weighted by atomic mass is 9.96. The van der Waals surface area contributed by atoms with E-state index in [0.717, 1.165) is 26.4 Å². The third-order valence-corrected chi connectivity index (χ3v) is 4.49. The molecule has 2 heteroatoms. The number of benzene rings is 3. The van der Waals surface area contributed by atoms with E-state index in [1.54, 1.807) is 0 Å². The van der Waals surface area contributed by atoms with Crippen LogP contribution in [0.2, 0.25) is 0 Å². The molecule has 3 aromatic carbocycles. The Kier molecular flexibility index (Phi) is 4.09. The fourth-order valence-electron chi connectivity index (χ4n) is 2.66. The first kappa shape index (κ1) is 14.3. The second kappa shape index (κ2) is 6.00. The van der Waals surface area contributed by atoms with E-state index in [0.29, 0.717) is 6.42 Å². The standard InChI is InChI=1S/C19H17BrO/c1-13-6-8-14(9-7-13)12-18(21)19-16-5-3-2-4-15(16)10-11-17(19)20/h2-11,18,21H,12H2,1H3. The van der Waals surface area contributed by atoms with Gasteiger partial charge in [-0.3, -0.25) is 0 Å². The summed E-state index contributed by atoms with van der Waals surface area (Å²) in [6, 6.07) is 20.6. The molecule has 0 bridgehead atoms. The molecule has 0 aliphatic rings. The van der Waals surface area contributed by atoms with Crippen LogP contribution in [0.15, 0.2) is 65.1 Å². The number of aryl methyl sites for hydroxylation is 1. The first-order chi connectivity index (χ1) is 10.1. The number of rotatable bonds is 3. The van der Waals surface area contributed by atoms with E-state index < -0.39 is 6.10 Å². The Labute approximate surface area is 133 Å². The lowest BCUT2D eigenvalue weighted by molar-refractivity contribution is 0.179. The van der Waals surface area contributed by atoms with E-state index in [2.05, 4.69) is 65.3 Å². The first-order valence-electron chi connectivity index (χ1n) is 7.06. The van der Waals surface area contributed by atoms with Gasteiger partial charge in [0.15, 0.2) is 0 Å². The molecule has 0 fully saturated rings. The maximum absolute atomic E-state index is 10.7. The van der Waals surface area contributed by atoms with E-state index in [-0.39, 0.29) is 0 Å². The highest BCUT2D eigenvalue weighted by Crippen LogP contribution is 2.33. The number of fused-ring (bicyclic) bond motifs is 1. The van der Waals surface area contributed by atoms with Gasteiger partial charge >= 0.3 is 0 Å². The molecular formula is C19H17BrO. The quantitative estimate of drug-likeness (QED) is 0.695. The predicted molar refractivity (Wildman–Crippen MR) is 91.5 cm³/mol. The van der Waals surface area contributed by atoms with Crippen molar-refractivity contribution in [2.75, 3.05) is 0 Å². The molecule has 3 rings (SSSR count). The Balaban J connectivity index is 1.99. The van der Waals surface area contributed by atoms with Crippen LogP contribution in [0.5, 0.6) is 0 Å². The number of aliphatic hydroxyl groups is 1. The van der Waals surface area contributed by atoms with Crippen molar-refractivity contribution in [3.05, 3.63) is 81.8 Å². The highest BCUT2D eigenvalue weighted by Gasteiger charge is 2.15. The predicted octanol–water partition coefficient (Wildman–Crippen LogP) is 5.19. The minimum absolute atomic E-state index is 0.520. The number of hydrogen-bond acceptors (Lipinski definition) is 1. The first-order valence-corrected chi connectivity index (χ1v) is 7.85. The van der Waals surface area contributed by atoms with Crippen LogP contribution in [-0.2, 0) is 6.42 Å². The average molecular weight is 341 g/mol. The van der Waals surface area contributed by atoms with Gasteiger partial charge in [0.05, 0.1) is 6.10 Å². The van der Waals surface area contributed by atoms with Crippen LogP contribution in [0, 0.1) is 6.92 Å². The zero-order valence-electron chi connectivity index (χ0n) is 11.9. The Hall–Kier alpha value is -1.64. The summed E-state index contributed by atoms with van der Waals surface area (Å²) in [5.74, 6) is 0. The second-order valence-electron chi connectivity index (χ2n) is 5.39. The molecule has 21 heavy (non-hydrogen) atoms. The normalized spacial score (nSPS) is 12.5. The second-order valence-corrected chi connectivity index (χ2v) is 6.24. The fraction of sp³-hybridized carbons (Fsp3) is 0.158. The topological polar surface area (TPSA) is 20.2 Å². The van der Waals surface area contributed by atoms with Gasteiger partial charge < -0.3 is 5.11 Å². The van der Waals surface area contributed by atoms with Crippen molar-refractivity contribution < 1.29 is 5.11 Å². The largest absolute Gasteiger partial charge is 0.388 e. The molecule has 3 aromatic rings. The van der Waals surface area contributed by atoms with Gasteiger partial charge in [0.1, 0.15) is 0 Å². The van der Waals surface area contributed by atoms with Gasteiger partial charge in [-0.1, -0.05) is 76.1 Å². The van der Waals surface area contributed by atoms with Gasteiger partial charge in [-0.15, -0.1) is 0 Å². The molecular weight excluding hydrogens is 324 g/mol. The summed E-state index contributed by atoms with van der Waals surface area (Å²) in [5.41, 5.74) is 3.35. The summed E-state index contributed by atoms with van der Waals surface area (Å²) in [6.07, 6.45) is 0.0977. The molecule has 0 aliphatic carbocycles.